The van der Waals surface area contributed by atoms with Gasteiger partial charge in [-0.2, -0.15) is 0 Å². The van der Waals surface area contributed by atoms with E-state index in [9.17, 15) is 14.7 Å². The van der Waals surface area contributed by atoms with Crippen molar-refractivity contribution in [2.75, 3.05) is 0 Å². The summed E-state index contributed by atoms with van der Waals surface area (Å²) in [6.07, 6.45) is 4.63. The number of rotatable bonds is 5. The lowest BCUT2D eigenvalue weighted by molar-refractivity contribution is -0.156. The van der Waals surface area contributed by atoms with Gasteiger partial charge in [0.15, 0.2) is 11.4 Å². The Kier molecular flexibility index (Phi) is 6.02. The normalized spacial score (nSPS) is 25.0. The minimum Gasteiger partial charge on any atom is -0.449 e. The van der Waals surface area contributed by atoms with Crippen molar-refractivity contribution >= 4 is 40.9 Å². The van der Waals surface area contributed by atoms with Crippen LogP contribution < -0.4 is 0 Å². The van der Waals surface area contributed by atoms with Crippen molar-refractivity contribution in [3.63, 3.8) is 0 Å². The molecule has 5 nitrogen and oxygen atoms in total. The summed E-state index contributed by atoms with van der Waals surface area (Å²) < 4.78 is 11.1. The van der Waals surface area contributed by atoms with Gasteiger partial charge in [0.2, 0.25) is 0 Å². The van der Waals surface area contributed by atoms with Gasteiger partial charge in [-0.15, -0.1) is 0 Å². The minimum atomic E-state index is -1.47. The Hall–Kier alpha value is -1.72. The van der Waals surface area contributed by atoms with E-state index in [0.29, 0.717) is 17.0 Å². The number of unbranched alkanes of at least 4 members (excludes halogenated alkanes) is 1. The number of ether oxygens (including phenoxy) is 2. The molecule has 1 saturated carbocycles. The Morgan fingerprint density at radius 1 is 1.37 bits per heavy atom. The number of carboxylic acid groups (broad SMARTS) is 1. The van der Waals surface area contributed by atoms with Crippen LogP contribution in [0.4, 0.5) is 4.79 Å². The monoisotopic (exact) mass is 412 g/mol. The Bertz CT molecular complexity index is 789. The van der Waals surface area contributed by atoms with Crippen molar-refractivity contribution < 1.29 is 24.2 Å². The Labute approximate surface area is 168 Å². The third-order valence-electron chi connectivity index (χ3n) is 5.40. The highest BCUT2D eigenvalue weighted by atomic mass is 35.5. The summed E-state index contributed by atoms with van der Waals surface area (Å²) in [6.45, 7) is 2.10. The molecule has 2 atom stereocenters. The fourth-order valence-corrected chi connectivity index (χ4v) is 4.70. The first-order valence-electron chi connectivity index (χ1n) is 9.23. The lowest BCUT2D eigenvalue weighted by Gasteiger charge is -2.40. The Morgan fingerprint density at radius 3 is 2.81 bits per heavy atom. The molecular formula is C20H22Cl2O5. The summed E-state index contributed by atoms with van der Waals surface area (Å²) in [4.78, 5) is 24.3. The first kappa shape index (κ1) is 20.0. The summed E-state index contributed by atoms with van der Waals surface area (Å²) in [5.74, 6) is -0.503. The number of halogens is 2. The predicted molar refractivity (Wildman–Crippen MR) is 103 cm³/mol. The first-order chi connectivity index (χ1) is 12.9. The van der Waals surface area contributed by atoms with E-state index in [-0.39, 0.29) is 22.3 Å². The largest absolute Gasteiger partial charge is 0.511 e. The van der Waals surface area contributed by atoms with Crippen LogP contribution in [-0.2, 0) is 14.3 Å². The molecule has 1 aromatic carbocycles. The zero-order chi connectivity index (χ0) is 19.6. The van der Waals surface area contributed by atoms with E-state index < -0.39 is 17.7 Å². The Balaban J connectivity index is 2.15. The van der Waals surface area contributed by atoms with Crippen molar-refractivity contribution in [1.29, 1.82) is 0 Å². The van der Waals surface area contributed by atoms with Gasteiger partial charge in [0.1, 0.15) is 5.57 Å². The second-order valence-electron chi connectivity index (χ2n) is 7.06. The molecule has 2 unspecified atom stereocenters. The molecule has 146 valence electrons. The van der Waals surface area contributed by atoms with Gasteiger partial charge in [-0.3, -0.25) is 0 Å². The molecule has 0 amide bonds. The van der Waals surface area contributed by atoms with Gasteiger partial charge in [0.25, 0.3) is 0 Å². The third-order valence-corrected chi connectivity index (χ3v) is 5.94. The van der Waals surface area contributed by atoms with Gasteiger partial charge in [-0.1, -0.05) is 55.5 Å². The number of carbonyl (C=O) groups excluding carboxylic acids is 1. The van der Waals surface area contributed by atoms with Gasteiger partial charge in [-0.05, 0) is 37.8 Å². The molecule has 1 heterocycles. The smallest absolute Gasteiger partial charge is 0.449 e. The van der Waals surface area contributed by atoms with E-state index in [2.05, 4.69) is 6.92 Å². The van der Waals surface area contributed by atoms with Crippen LogP contribution in [0.3, 0.4) is 0 Å². The molecule has 27 heavy (non-hydrogen) atoms. The molecule has 7 heteroatoms. The Morgan fingerprint density at radius 2 is 2.15 bits per heavy atom. The fraction of sp³-hybridized carbons (Fsp3) is 0.500. The number of hydrogen-bond acceptors (Lipinski definition) is 4. The highest BCUT2D eigenvalue weighted by Gasteiger charge is 2.56. The van der Waals surface area contributed by atoms with Crippen LogP contribution in [-0.4, -0.2) is 22.8 Å². The van der Waals surface area contributed by atoms with E-state index >= 15 is 0 Å². The average molecular weight is 413 g/mol. The maximum absolute atomic E-state index is 12.9. The molecule has 0 radical (unpaired) electrons. The summed E-state index contributed by atoms with van der Waals surface area (Å²) in [7, 11) is 0. The summed E-state index contributed by atoms with van der Waals surface area (Å²) in [5, 5.41) is 10.0. The number of benzene rings is 1. The van der Waals surface area contributed by atoms with Crippen LogP contribution in [0.5, 0.6) is 0 Å². The third kappa shape index (κ3) is 3.81. The summed E-state index contributed by atoms with van der Waals surface area (Å²) >= 11 is 12.3. The van der Waals surface area contributed by atoms with Gasteiger partial charge < -0.3 is 14.6 Å². The van der Waals surface area contributed by atoms with Crippen LogP contribution in [0.1, 0.15) is 57.4 Å². The highest BCUT2D eigenvalue weighted by molar-refractivity contribution is 6.37. The molecule has 1 aromatic rings. The molecule has 0 bridgehead atoms. The molecule has 1 spiro atoms. The van der Waals surface area contributed by atoms with E-state index in [1.54, 1.807) is 12.1 Å². The number of carbonyl (C=O) groups is 2. The molecule has 2 aliphatic rings. The average Bonchev–Trinajstić information content (AvgIpc) is 2.86. The van der Waals surface area contributed by atoms with Crippen molar-refractivity contribution in [2.24, 2.45) is 5.92 Å². The highest BCUT2D eigenvalue weighted by Crippen LogP contribution is 2.52. The zero-order valence-electron chi connectivity index (χ0n) is 15.1. The fourth-order valence-electron chi connectivity index (χ4n) is 4.19. The standard InChI is InChI=1S/C20H22Cl2O5/c1-2-3-6-12-7-4-5-10-20(12)17(26-19(24)25)16(18(23)27-20)14-9-8-13(21)11-15(14)22/h8-9,11-12H,2-7,10H2,1H3,(H,24,25). The molecule has 0 saturated heterocycles. The molecule has 1 aliphatic carbocycles. The summed E-state index contributed by atoms with van der Waals surface area (Å²) in [5.41, 5.74) is -0.581. The zero-order valence-corrected chi connectivity index (χ0v) is 16.6. The molecular weight excluding hydrogens is 391 g/mol. The quantitative estimate of drug-likeness (QED) is 0.593. The van der Waals surface area contributed by atoms with Gasteiger partial charge in [0, 0.05) is 16.5 Å². The molecule has 1 N–H and O–H groups in total. The van der Waals surface area contributed by atoms with Crippen molar-refractivity contribution in [2.45, 2.75) is 57.5 Å². The van der Waals surface area contributed by atoms with Crippen LogP contribution in [0.25, 0.3) is 5.57 Å². The first-order valence-corrected chi connectivity index (χ1v) is 9.99. The topological polar surface area (TPSA) is 72.8 Å². The second kappa shape index (κ2) is 8.11. The molecule has 3 rings (SSSR count). The van der Waals surface area contributed by atoms with E-state index in [4.69, 9.17) is 32.7 Å². The van der Waals surface area contributed by atoms with Gasteiger partial charge in [0.05, 0.1) is 5.02 Å². The van der Waals surface area contributed by atoms with E-state index in [1.807, 2.05) is 0 Å². The van der Waals surface area contributed by atoms with Gasteiger partial charge >= 0.3 is 12.1 Å². The van der Waals surface area contributed by atoms with Crippen LogP contribution in [0, 0.1) is 5.92 Å². The number of esters is 1. The van der Waals surface area contributed by atoms with E-state index in [1.165, 1.54) is 6.07 Å². The molecule has 1 fully saturated rings. The molecule has 1 aliphatic heterocycles. The van der Waals surface area contributed by atoms with Crippen molar-refractivity contribution in [3.05, 3.63) is 39.6 Å². The minimum absolute atomic E-state index is 0.0214. The summed E-state index contributed by atoms with van der Waals surface area (Å²) in [6, 6.07) is 4.70. The number of hydrogen-bond donors (Lipinski definition) is 1. The van der Waals surface area contributed by atoms with Gasteiger partial charge in [-0.25, -0.2) is 9.59 Å². The van der Waals surface area contributed by atoms with Crippen molar-refractivity contribution in [1.82, 2.24) is 0 Å². The van der Waals surface area contributed by atoms with Crippen molar-refractivity contribution in [3.8, 4) is 0 Å². The molecule has 0 aromatic heterocycles. The van der Waals surface area contributed by atoms with E-state index in [0.717, 1.165) is 38.5 Å². The van der Waals surface area contributed by atoms with Crippen LogP contribution in [0.2, 0.25) is 10.0 Å². The van der Waals surface area contributed by atoms with Crippen LogP contribution >= 0.6 is 23.2 Å². The maximum atomic E-state index is 12.9. The second-order valence-corrected chi connectivity index (χ2v) is 7.90. The SMILES string of the molecule is CCCCC1CCCCC12OC(=O)C(c1ccc(Cl)cc1Cl)=C2OC(=O)O. The predicted octanol–water partition coefficient (Wildman–Crippen LogP) is 6.08. The lowest BCUT2D eigenvalue weighted by Crippen LogP contribution is -2.44. The lowest BCUT2D eigenvalue weighted by atomic mass is 9.71. The maximum Gasteiger partial charge on any atom is 0.511 e. The van der Waals surface area contributed by atoms with Crippen LogP contribution in [0.15, 0.2) is 24.0 Å².